The van der Waals surface area contributed by atoms with Gasteiger partial charge in [-0.15, -0.1) is 0 Å². The van der Waals surface area contributed by atoms with Gasteiger partial charge in [0, 0.05) is 11.6 Å². The Bertz CT molecular complexity index is 792. The molecule has 0 aliphatic rings. The van der Waals surface area contributed by atoms with Crippen LogP contribution >= 0.6 is 11.6 Å². The summed E-state index contributed by atoms with van der Waals surface area (Å²) in [4.78, 5) is 23.0. The molecule has 6 nitrogen and oxygen atoms in total. The predicted molar refractivity (Wildman–Crippen MR) is 106 cm³/mol. The first-order chi connectivity index (χ1) is 13.3. The van der Waals surface area contributed by atoms with E-state index in [-0.39, 0.29) is 25.7 Å². The average Bonchev–Trinajstić information content (AvgIpc) is 2.65. The Labute approximate surface area is 169 Å². The number of carboxylic acid groups (broad SMARTS) is 1. The van der Waals surface area contributed by atoms with E-state index in [1.807, 2.05) is 38.1 Å². The highest BCUT2D eigenvalue weighted by atomic mass is 35.5. The van der Waals surface area contributed by atoms with Gasteiger partial charge in [0.15, 0.2) is 0 Å². The van der Waals surface area contributed by atoms with Crippen LogP contribution in [0.15, 0.2) is 48.5 Å². The van der Waals surface area contributed by atoms with E-state index in [1.165, 1.54) is 0 Å². The molecule has 2 aromatic carbocycles. The zero-order valence-corrected chi connectivity index (χ0v) is 16.6. The number of hydrogen-bond acceptors (Lipinski definition) is 4. The first-order valence-electron chi connectivity index (χ1n) is 8.94. The van der Waals surface area contributed by atoms with Crippen LogP contribution in [-0.4, -0.2) is 23.3 Å². The number of carbonyl (C=O) groups is 2. The van der Waals surface area contributed by atoms with Crippen molar-refractivity contribution in [3.8, 4) is 0 Å². The van der Waals surface area contributed by atoms with Crippen LogP contribution in [0.25, 0.3) is 0 Å². The Hall–Kier alpha value is -2.57. The quantitative estimate of drug-likeness (QED) is 0.631. The maximum absolute atomic E-state index is 11.9. The summed E-state index contributed by atoms with van der Waals surface area (Å²) in [5.41, 5.74) is 2.41. The number of hydrogen-bond donors (Lipinski definition) is 2. The highest BCUT2D eigenvalue weighted by Crippen LogP contribution is 2.24. The van der Waals surface area contributed by atoms with Gasteiger partial charge in [0.05, 0.1) is 18.6 Å². The van der Waals surface area contributed by atoms with Crippen molar-refractivity contribution in [3.63, 3.8) is 0 Å². The lowest BCUT2D eigenvalue weighted by atomic mass is 10.0. The maximum atomic E-state index is 11.9. The lowest BCUT2D eigenvalue weighted by molar-refractivity contribution is -0.141. The Kier molecular flexibility index (Phi) is 8.29. The second kappa shape index (κ2) is 10.7. The van der Waals surface area contributed by atoms with Crippen molar-refractivity contribution in [2.24, 2.45) is 0 Å². The van der Waals surface area contributed by atoms with E-state index < -0.39 is 18.2 Å². The first kappa shape index (κ1) is 21.7. The van der Waals surface area contributed by atoms with E-state index in [1.54, 1.807) is 24.3 Å². The number of alkyl carbamates (subject to hydrolysis) is 1. The maximum Gasteiger partial charge on any atom is 0.407 e. The van der Waals surface area contributed by atoms with Crippen molar-refractivity contribution in [2.45, 2.75) is 45.6 Å². The van der Waals surface area contributed by atoms with Crippen LogP contribution in [0.3, 0.4) is 0 Å². The van der Waals surface area contributed by atoms with E-state index >= 15 is 0 Å². The van der Waals surface area contributed by atoms with Gasteiger partial charge < -0.3 is 19.9 Å². The number of benzene rings is 2. The molecular formula is C21H24ClNO5. The van der Waals surface area contributed by atoms with E-state index in [0.29, 0.717) is 5.02 Å². The largest absolute Gasteiger partial charge is 0.481 e. The Morgan fingerprint density at radius 1 is 1.11 bits per heavy atom. The number of halogens is 1. The van der Waals surface area contributed by atoms with Crippen LogP contribution in [0.5, 0.6) is 0 Å². The summed E-state index contributed by atoms with van der Waals surface area (Å²) in [5, 5.41) is 12.4. The highest BCUT2D eigenvalue weighted by molar-refractivity contribution is 6.30. The topological polar surface area (TPSA) is 84.9 Å². The van der Waals surface area contributed by atoms with E-state index in [2.05, 4.69) is 5.32 Å². The first-order valence-corrected chi connectivity index (χ1v) is 9.32. The highest BCUT2D eigenvalue weighted by Gasteiger charge is 2.18. The fraction of sp³-hybridized carbons (Fsp3) is 0.333. The van der Waals surface area contributed by atoms with Crippen LogP contribution in [0.1, 0.15) is 43.1 Å². The number of amides is 1. The van der Waals surface area contributed by atoms with Gasteiger partial charge in [-0.2, -0.15) is 0 Å². The molecule has 0 heterocycles. The molecular weight excluding hydrogens is 382 g/mol. The number of aliphatic carboxylic acids is 1. The van der Waals surface area contributed by atoms with Crippen molar-refractivity contribution in [2.75, 3.05) is 0 Å². The van der Waals surface area contributed by atoms with Gasteiger partial charge in [-0.05, 0) is 42.7 Å². The molecule has 0 unspecified atom stereocenters. The summed E-state index contributed by atoms with van der Waals surface area (Å²) in [6, 6.07) is 14.3. The molecule has 2 rings (SSSR count). The van der Waals surface area contributed by atoms with Crippen LogP contribution < -0.4 is 5.32 Å². The predicted octanol–water partition coefficient (Wildman–Crippen LogP) is 4.71. The van der Waals surface area contributed by atoms with E-state index in [9.17, 15) is 9.59 Å². The van der Waals surface area contributed by atoms with Gasteiger partial charge in [-0.25, -0.2) is 4.79 Å². The third-order valence-corrected chi connectivity index (χ3v) is 4.09. The molecule has 1 amide bonds. The Morgan fingerprint density at radius 3 is 2.46 bits per heavy atom. The lowest BCUT2D eigenvalue weighted by Gasteiger charge is -2.20. The molecule has 0 radical (unpaired) electrons. The SMILES string of the molecule is CC(C)O[C@@H](CC(=O)O)c1cccc(CNC(=O)OCc2ccc(Cl)cc2)c1. The third-order valence-electron chi connectivity index (χ3n) is 3.84. The number of carboxylic acids is 1. The monoisotopic (exact) mass is 405 g/mol. The molecule has 0 spiro atoms. The summed E-state index contributed by atoms with van der Waals surface area (Å²) in [6.07, 6.45) is -1.32. The average molecular weight is 406 g/mol. The molecule has 0 aliphatic heterocycles. The molecule has 0 aromatic heterocycles. The zero-order valence-electron chi connectivity index (χ0n) is 15.9. The summed E-state index contributed by atoms with van der Waals surface area (Å²) in [7, 11) is 0. The van der Waals surface area contributed by atoms with Crippen LogP contribution in [0.2, 0.25) is 5.02 Å². The summed E-state index contributed by atoms with van der Waals surface area (Å²) in [6.45, 7) is 4.12. The molecule has 2 aromatic rings. The number of nitrogens with one attached hydrogen (secondary N) is 1. The zero-order chi connectivity index (χ0) is 20.5. The van der Waals surface area contributed by atoms with Crippen LogP contribution in [-0.2, 0) is 27.4 Å². The molecule has 1 atom stereocenters. The summed E-state index contributed by atoms with van der Waals surface area (Å²) < 4.78 is 10.9. The van der Waals surface area contributed by atoms with Crippen LogP contribution in [0, 0.1) is 0 Å². The van der Waals surface area contributed by atoms with Gasteiger partial charge in [-0.3, -0.25) is 4.79 Å². The van der Waals surface area contributed by atoms with Crippen molar-refractivity contribution in [1.82, 2.24) is 5.32 Å². The second-order valence-corrected chi connectivity index (χ2v) is 7.01. The van der Waals surface area contributed by atoms with Gasteiger partial charge in [-0.1, -0.05) is 48.0 Å². The van der Waals surface area contributed by atoms with Crippen molar-refractivity contribution < 1.29 is 24.2 Å². The van der Waals surface area contributed by atoms with Gasteiger partial charge in [0.1, 0.15) is 6.61 Å². The molecule has 0 aliphatic carbocycles. The molecule has 0 fully saturated rings. The number of rotatable bonds is 9. The molecule has 2 N–H and O–H groups in total. The molecule has 28 heavy (non-hydrogen) atoms. The lowest BCUT2D eigenvalue weighted by Crippen LogP contribution is -2.23. The van der Waals surface area contributed by atoms with Crippen molar-refractivity contribution in [1.29, 1.82) is 0 Å². The smallest absolute Gasteiger partial charge is 0.407 e. The van der Waals surface area contributed by atoms with Gasteiger partial charge in [0.2, 0.25) is 0 Å². The normalized spacial score (nSPS) is 11.9. The second-order valence-electron chi connectivity index (χ2n) is 6.57. The number of carbonyl (C=O) groups excluding carboxylic acids is 1. The van der Waals surface area contributed by atoms with Gasteiger partial charge >= 0.3 is 12.1 Å². The van der Waals surface area contributed by atoms with E-state index in [4.69, 9.17) is 26.2 Å². The van der Waals surface area contributed by atoms with Gasteiger partial charge in [0.25, 0.3) is 0 Å². The third kappa shape index (κ3) is 7.58. The molecule has 0 saturated heterocycles. The fourth-order valence-corrected chi connectivity index (χ4v) is 2.72. The summed E-state index contributed by atoms with van der Waals surface area (Å²) in [5.74, 6) is -0.931. The van der Waals surface area contributed by atoms with Crippen molar-refractivity contribution in [3.05, 3.63) is 70.2 Å². The minimum atomic E-state index is -0.931. The van der Waals surface area contributed by atoms with Crippen molar-refractivity contribution >= 4 is 23.7 Å². The van der Waals surface area contributed by atoms with Crippen LogP contribution in [0.4, 0.5) is 4.79 Å². The Morgan fingerprint density at radius 2 is 1.82 bits per heavy atom. The molecule has 0 saturated carbocycles. The molecule has 150 valence electrons. The Balaban J connectivity index is 1.91. The molecule has 7 heteroatoms. The minimum absolute atomic E-state index is 0.103. The minimum Gasteiger partial charge on any atom is -0.481 e. The summed E-state index contributed by atoms with van der Waals surface area (Å²) >= 11 is 5.82. The molecule has 0 bridgehead atoms. The standard InChI is InChI=1S/C21H24ClNO5/c1-14(2)28-19(11-20(24)25)17-5-3-4-16(10-17)12-23-21(26)27-13-15-6-8-18(22)9-7-15/h3-10,14,19H,11-13H2,1-2H3,(H,23,26)(H,24,25)/t19-/m0/s1. The fourth-order valence-electron chi connectivity index (χ4n) is 2.59. The number of ether oxygens (including phenoxy) is 2. The van der Waals surface area contributed by atoms with E-state index in [0.717, 1.165) is 16.7 Å².